The van der Waals surface area contributed by atoms with E-state index in [0.717, 1.165) is 18.5 Å². The second kappa shape index (κ2) is 6.38. The molecule has 2 aromatic heterocycles. The van der Waals surface area contributed by atoms with Crippen molar-refractivity contribution in [2.24, 2.45) is 0 Å². The molecule has 0 aliphatic heterocycles. The van der Waals surface area contributed by atoms with Crippen LogP contribution in [0.2, 0.25) is 0 Å². The van der Waals surface area contributed by atoms with Gasteiger partial charge in [-0.15, -0.1) is 11.3 Å². The molecular formula is C19H21N3S. The molecule has 2 heterocycles. The molecule has 1 N–H and O–H groups in total. The molecule has 1 aromatic carbocycles. The topological polar surface area (TPSA) is 37.8 Å². The maximum absolute atomic E-state index is 4.77. The first-order valence-electron chi connectivity index (χ1n) is 8.35. The van der Waals surface area contributed by atoms with E-state index in [1.54, 1.807) is 0 Å². The van der Waals surface area contributed by atoms with Gasteiger partial charge in [-0.05, 0) is 43.9 Å². The lowest BCUT2D eigenvalue weighted by Crippen LogP contribution is -2.21. The lowest BCUT2D eigenvalue weighted by atomic mass is 10.1. The Kier molecular flexibility index (Phi) is 4.10. The van der Waals surface area contributed by atoms with Crippen LogP contribution in [0.3, 0.4) is 0 Å². The minimum absolute atomic E-state index is 0.305. The molecule has 0 radical (unpaired) electrons. The van der Waals surface area contributed by atoms with Crippen molar-refractivity contribution in [1.29, 1.82) is 0 Å². The zero-order valence-electron chi connectivity index (χ0n) is 13.4. The van der Waals surface area contributed by atoms with Gasteiger partial charge in [0, 0.05) is 35.5 Å². The molecule has 4 heteroatoms. The number of rotatable bonds is 5. The van der Waals surface area contributed by atoms with Crippen LogP contribution in [0.5, 0.6) is 0 Å². The molecule has 0 saturated carbocycles. The Morgan fingerprint density at radius 3 is 3.09 bits per heavy atom. The van der Waals surface area contributed by atoms with Crippen molar-refractivity contribution >= 4 is 22.2 Å². The predicted octanol–water partition coefficient (Wildman–Crippen LogP) is 4.07. The van der Waals surface area contributed by atoms with Gasteiger partial charge in [-0.1, -0.05) is 18.2 Å². The summed E-state index contributed by atoms with van der Waals surface area (Å²) in [7, 11) is 0. The quantitative estimate of drug-likeness (QED) is 0.769. The van der Waals surface area contributed by atoms with Crippen molar-refractivity contribution in [3.8, 4) is 0 Å². The number of nitrogens with one attached hydrogen (secondary N) is 1. The van der Waals surface area contributed by atoms with Crippen LogP contribution >= 0.6 is 11.3 Å². The molecule has 1 atom stereocenters. The molecule has 4 rings (SSSR count). The van der Waals surface area contributed by atoms with Gasteiger partial charge in [0.25, 0.3) is 0 Å². The van der Waals surface area contributed by atoms with Gasteiger partial charge < -0.3 is 5.32 Å². The Morgan fingerprint density at radius 2 is 2.17 bits per heavy atom. The number of hydrogen-bond acceptors (Lipinski definition) is 4. The van der Waals surface area contributed by atoms with E-state index in [9.17, 15) is 0 Å². The molecule has 1 aliphatic carbocycles. The van der Waals surface area contributed by atoms with Crippen LogP contribution in [-0.2, 0) is 19.3 Å². The van der Waals surface area contributed by atoms with Crippen molar-refractivity contribution in [3.63, 3.8) is 0 Å². The largest absolute Gasteiger partial charge is 0.310 e. The molecule has 118 valence electrons. The van der Waals surface area contributed by atoms with Gasteiger partial charge in [0.05, 0.1) is 16.2 Å². The molecule has 3 aromatic rings. The van der Waals surface area contributed by atoms with E-state index in [-0.39, 0.29) is 0 Å². The number of nitrogens with zero attached hydrogens (tertiary/aromatic N) is 2. The van der Waals surface area contributed by atoms with Crippen LogP contribution in [0.25, 0.3) is 10.9 Å². The molecule has 0 saturated heterocycles. The molecule has 0 amide bonds. The Hall–Kier alpha value is -1.78. The SMILES string of the molecule is CC(NCCc1nc2c(s1)CCC2)c1cnc2ccccc2c1. The van der Waals surface area contributed by atoms with Gasteiger partial charge in [0.2, 0.25) is 0 Å². The summed E-state index contributed by atoms with van der Waals surface area (Å²) in [5.41, 5.74) is 3.66. The normalized spacial score (nSPS) is 15.0. The van der Waals surface area contributed by atoms with Gasteiger partial charge in [-0.2, -0.15) is 0 Å². The summed E-state index contributed by atoms with van der Waals surface area (Å²) in [5, 5.41) is 6.09. The Balaban J connectivity index is 1.37. The first-order chi connectivity index (χ1) is 11.3. The maximum atomic E-state index is 4.77. The molecule has 0 spiro atoms. The fourth-order valence-corrected chi connectivity index (χ4v) is 4.35. The van der Waals surface area contributed by atoms with E-state index in [1.807, 2.05) is 23.6 Å². The third-order valence-electron chi connectivity index (χ3n) is 4.54. The first kappa shape index (κ1) is 14.8. The predicted molar refractivity (Wildman–Crippen MR) is 96.0 cm³/mol. The van der Waals surface area contributed by atoms with E-state index in [0.29, 0.717) is 6.04 Å². The number of pyridine rings is 1. The monoisotopic (exact) mass is 323 g/mol. The number of aryl methyl sites for hydroxylation is 2. The average molecular weight is 323 g/mol. The number of aromatic nitrogens is 2. The van der Waals surface area contributed by atoms with Crippen molar-refractivity contribution in [2.45, 2.75) is 38.6 Å². The summed E-state index contributed by atoms with van der Waals surface area (Å²) in [4.78, 5) is 10.8. The lowest BCUT2D eigenvalue weighted by Gasteiger charge is -2.14. The molecule has 1 unspecified atom stereocenters. The zero-order valence-corrected chi connectivity index (χ0v) is 14.2. The summed E-state index contributed by atoms with van der Waals surface area (Å²) in [6, 6.07) is 10.8. The second-order valence-electron chi connectivity index (χ2n) is 6.22. The van der Waals surface area contributed by atoms with E-state index >= 15 is 0 Å². The van der Waals surface area contributed by atoms with E-state index in [2.05, 4.69) is 41.5 Å². The first-order valence-corrected chi connectivity index (χ1v) is 9.17. The highest BCUT2D eigenvalue weighted by atomic mass is 32.1. The summed E-state index contributed by atoms with van der Waals surface area (Å²) in [6.07, 6.45) is 6.71. The van der Waals surface area contributed by atoms with Gasteiger partial charge in [0.1, 0.15) is 0 Å². The van der Waals surface area contributed by atoms with Crippen molar-refractivity contribution in [3.05, 3.63) is 57.7 Å². The fourth-order valence-electron chi connectivity index (χ4n) is 3.19. The maximum Gasteiger partial charge on any atom is 0.0943 e. The van der Waals surface area contributed by atoms with Crippen LogP contribution in [-0.4, -0.2) is 16.5 Å². The molecule has 3 nitrogen and oxygen atoms in total. The van der Waals surface area contributed by atoms with Gasteiger partial charge >= 0.3 is 0 Å². The molecule has 23 heavy (non-hydrogen) atoms. The lowest BCUT2D eigenvalue weighted by molar-refractivity contribution is 0.575. The minimum Gasteiger partial charge on any atom is -0.310 e. The molecule has 0 bridgehead atoms. The molecule has 0 fully saturated rings. The second-order valence-corrected chi connectivity index (χ2v) is 7.39. The van der Waals surface area contributed by atoms with Crippen LogP contribution in [0.4, 0.5) is 0 Å². The van der Waals surface area contributed by atoms with Crippen LogP contribution in [0.15, 0.2) is 36.5 Å². The van der Waals surface area contributed by atoms with Crippen LogP contribution < -0.4 is 5.32 Å². The van der Waals surface area contributed by atoms with Gasteiger partial charge in [-0.3, -0.25) is 4.98 Å². The number of benzene rings is 1. The summed E-state index contributed by atoms with van der Waals surface area (Å²) in [5.74, 6) is 0. The average Bonchev–Trinajstić information content (AvgIpc) is 3.16. The molecule has 1 aliphatic rings. The van der Waals surface area contributed by atoms with E-state index in [1.165, 1.54) is 45.8 Å². The third kappa shape index (κ3) is 3.14. The van der Waals surface area contributed by atoms with E-state index in [4.69, 9.17) is 4.98 Å². The van der Waals surface area contributed by atoms with Crippen LogP contribution in [0, 0.1) is 0 Å². The molecular weight excluding hydrogens is 302 g/mol. The highest BCUT2D eigenvalue weighted by molar-refractivity contribution is 7.11. The van der Waals surface area contributed by atoms with Crippen molar-refractivity contribution in [2.75, 3.05) is 6.54 Å². The highest BCUT2D eigenvalue weighted by Crippen LogP contribution is 2.27. The number of para-hydroxylation sites is 1. The third-order valence-corrected chi connectivity index (χ3v) is 5.76. The van der Waals surface area contributed by atoms with Gasteiger partial charge in [-0.25, -0.2) is 4.98 Å². The van der Waals surface area contributed by atoms with E-state index < -0.39 is 0 Å². The Bertz CT molecular complexity index is 803. The number of thiazole rings is 1. The number of fused-ring (bicyclic) bond motifs is 2. The Morgan fingerprint density at radius 1 is 1.26 bits per heavy atom. The highest BCUT2D eigenvalue weighted by Gasteiger charge is 2.16. The number of hydrogen-bond donors (Lipinski definition) is 1. The van der Waals surface area contributed by atoms with Crippen molar-refractivity contribution < 1.29 is 0 Å². The summed E-state index contributed by atoms with van der Waals surface area (Å²) in [6.45, 7) is 3.16. The summed E-state index contributed by atoms with van der Waals surface area (Å²) >= 11 is 1.91. The van der Waals surface area contributed by atoms with Gasteiger partial charge in [0.15, 0.2) is 0 Å². The van der Waals surface area contributed by atoms with Crippen LogP contribution in [0.1, 0.15) is 40.5 Å². The minimum atomic E-state index is 0.305. The smallest absolute Gasteiger partial charge is 0.0943 e. The Labute approximate surface area is 140 Å². The zero-order chi connectivity index (χ0) is 15.6. The fraction of sp³-hybridized carbons (Fsp3) is 0.368. The summed E-state index contributed by atoms with van der Waals surface area (Å²) < 4.78 is 0. The standard InChI is InChI=1S/C19H21N3S/c1-13(15-11-14-5-2-3-6-16(14)21-12-15)20-10-9-19-22-17-7-4-8-18(17)23-19/h2-3,5-6,11-13,20H,4,7-10H2,1H3. The van der Waals surface area contributed by atoms with Crippen molar-refractivity contribution in [1.82, 2.24) is 15.3 Å².